The molecule has 2 heterocycles. The lowest BCUT2D eigenvalue weighted by Crippen LogP contribution is -2.40. The highest BCUT2D eigenvalue weighted by Crippen LogP contribution is 2.34. The Morgan fingerprint density at radius 3 is 2.83 bits per heavy atom. The Kier molecular flexibility index (Phi) is 6.00. The van der Waals surface area contributed by atoms with E-state index >= 15 is 0 Å². The molecule has 0 bridgehead atoms. The predicted molar refractivity (Wildman–Crippen MR) is 116 cm³/mol. The number of benzene rings is 2. The van der Waals surface area contributed by atoms with Crippen LogP contribution >= 0.6 is 15.9 Å². The number of halogens is 1. The standard InChI is InChI=1S/C23H24BrN3O2/c24-18-10-8-17(9-11-18)23-22-20(25-15-26-22)12-13-27(23)21(29)7-2-1-4-16-5-3-6-19(28)14-16/h3,5-6,8-11,14-15,23,28H,1-2,4,7,12-13H2,(H,25,26). The minimum Gasteiger partial charge on any atom is -0.508 e. The molecule has 29 heavy (non-hydrogen) atoms. The normalized spacial score (nSPS) is 15.9. The topological polar surface area (TPSA) is 69.2 Å². The molecule has 0 saturated heterocycles. The number of carbonyl (C=O) groups is 1. The first kappa shape index (κ1) is 19.7. The van der Waals surface area contributed by atoms with Crippen LogP contribution in [0.1, 0.15) is 47.8 Å². The second-order valence-corrected chi connectivity index (χ2v) is 8.35. The summed E-state index contributed by atoms with van der Waals surface area (Å²) in [4.78, 5) is 22.8. The minimum absolute atomic E-state index is 0.142. The molecule has 1 unspecified atom stereocenters. The maximum atomic E-state index is 13.1. The zero-order valence-corrected chi connectivity index (χ0v) is 17.7. The highest BCUT2D eigenvalue weighted by molar-refractivity contribution is 9.10. The quantitative estimate of drug-likeness (QED) is 0.528. The van der Waals surface area contributed by atoms with Crippen LogP contribution in [-0.4, -0.2) is 32.4 Å². The number of amides is 1. The SMILES string of the molecule is O=C(CCCCc1cccc(O)c1)N1CCc2[nH]cnc2C1c1ccc(Br)cc1. The van der Waals surface area contributed by atoms with Gasteiger partial charge < -0.3 is 15.0 Å². The van der Waals surface area contributed by atoms with Crippen LogP contribution in [0.3, 0.4) is 0 Å². The molecule has 0 aliphatic carbocycles. The molecule has 150 valence electrons. The van der Waals surface area contributed by atoms with Crippen LogP contribution in [0.15, 0.2) is 59.3 Å². The number of hydrogen-bond donors (Lipinski definition) is 2. The van der Waals surface area contributed by atoms with Gasteiger partial charge in [0, 0.05) is 29.6 Å². The number of rotatable bonds is 6. The summed E-state index contributed by atoms with van der Waals surface area (Å²) in [5.74, 6) is 0.460. The van der Waals surface area contributed by atoms with Gasteiger partial charge in [-0.25, -0.2) is 4.98 Å². The van der Waals surface area contributed by atoms with Crippen molar-refractivity contribution in [3.05, 3.63) is 81.8 Å². The minimum atomic E-state index is -0.142. The van der Waals surface area contributed by atoms with Crippen LogP contribution in [0.5, 0.6) is 5.75 Å². The van der Waals surface area contributed by atoms with E-state index in [9.17, 15) is 9.90 Å². The van der Waals surface area contributed by atoms with Crippen LogP contribution in [-0.2, 0) is 17.6 Å². The molecule has 6 heteroatoms. The molecule has 0 fully saturated rings. The van der Waals surface area contributed by atoms with Crippen LogP contribution in [0.2, 0.25) is 0 Å². The average molecular weight is 454 g/mol. The highest BCUT2D eigenvalue weighted by atomic mass is 79.9. The van der Waals surface area contributed by atoms with Crippen molar-refractivity contribution in [1.82, 2.24) is 14.9 Å². The predicted octanol–water partition coefficient (Wildman–Crippen LogP) is 4.76. The van der Waals surface area contributed by atoms with Gasteiger partial charge in [0.25, 0.3) is 0 Å². The summed E-state index contributed by atoms with van der Waals surface area (Å²) in [6.45, 7) is 0.696. The number of hydrogen-bond acceptors (Lipinski definition) is 3. The summed E-state index contributed by atoms with van der Waals surface area (Å²) in [7, 11) is 0. The Labute approximate surface area is 178 Å². The Morgan fingerprint density at radius 1 is 1.21 bits per heavy atom. The molecule has 3 aromatic rings. The van der Waals surface area contributed by atoms with Gasteiger partial charge >= 0.3 is 0 Å². The van der Waals surface area contributed by atoms with Crippen molar-refractivity contribution in [2.45, 2.75) is 38.1 Å². The van der Waals surface area contributed by atoms with E-state index in [1.807, 2.05) is 29.2 Å². The van der Waals surface area contributed by atoms with E-state index in [1.54, 1.807) is 18.5 Å². The van der Waals surface area contributed by atoms with E-state index in [4.69, 9.17) is 0 Å². The molecule has 1 aliphatic rings. The van der Waals surface area contributed by atoms with Gasteiger partial charge in [-0.2, -0.15) is 0 Å². The molecule has 4 rings (SSSR count). The number of aromatic hydroxyl groups is 1. The molecule has 1 atom stereocenters. The molecule has 5 nitrogen and oxygen atoms in total. The fourth-order valence-corrected chi connectivity index (χ4v) is 4.25. The number of phenols is 1. The average Bonchev–Trinajstić information content (AvgIpc) is 3.20. The Hall–Kier alpha value is -2.60. The maximum Gasteiger partial charge on any atom is 0.223 e. The number of nitrogens with one attached hydrogen (secondary N) is 1. The first-order chi connectivity index (χ1) is 14.1. The number of H-pyrrole nitrogens is 1. The van der Waals surface area contributed by atoms with Gasteiger partial charge in [-0.15, -0.1) is 0 Å². The van der Waals surface area contributed by atoms with E-state index in [2.05, 4.69) is 38.0 Å². The number of aryl methyl sites for hydroxylation is 1. The lowest BCUT2D eigenvalue weighted by atomic mass is 9.95. The van der Waals surface area contributed by atoms with E-state index in [0.29, 0.717) is 18.7 Å². The van der Waals surface area contributed by atoms with Gasteiger partial charge in [0.2, 0.25) is 5.91 Å². The number of aromatic amines is 1. The number of imidazole rings is 1. The fourth-order valence-electron chi connectivity index (χ4n) is 3.99. The lowest BCUT2D eigenvalue weighted by molar-refractivity contribution is -0.133. The third-order valence-corrected chi connectivity index (χ3v) is 5.98. The summed E-state index contributed by atoms with van der Waals surface area (Å²) in [6, 6.07) is 15.3. The summed E-state index contributed by atoms with van der Waals surface area (Å²) >= 11 is 3.49. The molecule has 2 N–H and O–H groups in total. The van der Waals surface area contributed by atoms with Crippen molar-refractivity contribution >= 4 is 21.8 Å². The number of phenolic OH excluding ortho intramolecular Hbond substituents is 1. The molecule has 1 amide bonds. The Morgan fingerprint density at radius 2 is 2.03 bits per heavy atom. The number of nitrogens with zero attached hydrogens (tertiary/aromatic N) is 2. The number of unbranched alkanes of at least 4 members (excludes halogenated alkanes) is 1. The lowest BCUT2D eigenvalue weighted by Gasteiger charge is -2.35. The second kappa shape index (κ2) is 8.82. The zero-order chi connectivity index (χ0) is 20.2. The van der Waals surface area contributed by atoms with Crippen molar-refractivity contribution < 1.29 is 9.90 Å². The van der Waals surface area contributed by atoms with Crippen LogP contribution < -0.4 is 0 Å². The van der Waals surface area contributed by atoms with E-state index in [0.717, 1.165) is 52.7 Å². The van der Waals surface area contributed by atoms with Gasteiger partial charge in [0.1, 0.15) is 11.8 Å². The van der Waals surface area contributed by atoms with Gasteiger partial charge in [-0.1, -0.05) is 40.2 Å². The number of aromatic nitrogens is 2. The van der Waals surface area contributed by atoms with Crippen LogP contribution in [0.25, 0.3) is 0 Å². The summed E-state index contributed by atoms with van der Waals surface area (Å²) in [5.41, 5.74) is 4.25. The van der Waals surface area contributed by atoms with E-state index in [-0.39, 0.29) is 11.9 Å². The monoisotopic (exact) mass is 453 g/mol. The van der Waals surface area contributed by atoms with Gasteiger partial charge in [0.05, 0.1) is 12.0 Å². The molecular weight excluding hydrogens is 430 g/mol. The first-order valence-corrected chi connectivity index (χ1v) is 10.8. The summed E-state index contributed by atoms with van der Waals surface area (Å²) < 4.78 is 1.02. The molecular formula is C23H24BrN3O2. The smallest absolute Gasteiger partial charge is 0.223 e. The Bertz CT molecular complexity index is 984. The molecule has 1 aliphatic heterocycles. The van der Waals surface area contributed by atoms with Crippen molar-refractivity contribution in [3.8, 4) is 5.75 Å². The molecule has 0 radical (unpaired) electrons. The van der Waals surface area contributed by atoms with Gasteiger partial charge in [0.15, 0.2) is 0 Å². The Balaban J connectivity index is 1.43. The van der Waals surface area contributed by atoms with Crippen molar-refractivity contribution in [1.29, 1.82) is 0 Å². The van der Waals surface area contributed by atoms with Crippen LogP contribution in [0.4, 0.5) is 0 Å². The zero-order valence-electron chi connectivity index (χ0n) is 16.1. The molecule has 0 saturated carbocycles. The van der Waals surface area contributed by atoms with E-state index < -0.39 is 0 Å². The number of fused-ring (bicyclic) bond motifs is 1. The molecule has 0 spiro atoms. The maximum absolute atomic E-state index is 13.1. The van der Waals surface area contributed by atoms with Crippen molar-refractivity contribution in [2.75, 3.05) is 6.54 Å². The van der Waals surface area contributed by atoms with Gasteiger partial charge in [-0.3, -0.25) is 4.79 Å². The van der Waals surface area contributed by atoms with E-state index in [1.165, 1.54) is 0 Å². The van der Waals surface area contributed by atoms with Crippen molar-refractivity contribution in [3.63, 3.8) is 0 Å². The largest absolute Gasteiger partial charge is 0.508 e. The van der Waals surface area contributed by atoms with Crippen molar-refractivity contribution in [2.24, 2.45) is 0 Å². The van der Waals surface area contributed by atoms with Gasteiger partial charge in [-0.05, 0) is 54.7 Å². The third kappa shape index (κ3) is 4.53. The first-order valence-electron chi connectivity index (χ1n) is 9.97. The van der Waals surface area contributed by atoms with Crippen LogP contribution in [0, 0.1) is 0 Å². The third-order valence-electron chi connectivity index (χ3n) is 5.45. The molecule has 2 aromatic carbocycles. The fraction of sp³-hybridized carbons (Fsp3) is 0.304. The summed E-state index contributed by atoms with van der Waals surface area (Å²) in [5, 5.41) is 9.57. The second-order valence-electron chi connectivity index (χ2n) is 7.43. The summed E-state index contributed by atoms with van der Waals surface area (Å²) in [6.07, 6.45) is 5.65. The number of carbonyl (C=O) groups excluding carboxylic acids is 1. The molecule has 1 aromatic heterocycles. The highest BCUT2D eigenvalue weighted by Gasteiger charge is 2.33.